The number of hydrogen-bond donors (Lipinski definition) is 2. The van der Waals surface area contributed by atoms with Crippen LogP contribution in [0.15, 0.2) is 30.3 Å². The van der Waals surface area contributed by atoms with E-state index < -0.39 is 5.54 Å². The Kier molecular flexibility index (Phi) is 10.7. The summed E-state index contributed by atoms with van der Waals surface area (Å²) in [5, 5.41) is 3.02. The van der Waals surface area contributed by atoms with Crippen LogP contribution in [0.2, 0.25) is 0 Å². The number of amides is 1. The molecule has 5 nitrogen and oxygen atoms in total. The second kappa shape index (κ2) is 11.1. The highest BCUT2D eigenvalue weighted by molar-refractivity contribution is 5.88. The summed E-state index contributed by atoms with van der Waals surface area (Å²) >= 11 is 0. The van der Waals surface area contributed by atoms with Gasteiger partial charge in [0.15, 0.2) is 0 Å². The number of ether oxygens (including phenoxy) is 1. The van der Waals surface area contributed by atoms with Gasteiger partial charge < -0.3 is 20.7 Å². The predicted octanol–water partition coefficient (Wildman–Crippen LogP) is 3.40. The first-order valence-electron chi connectivity index (χ1n) is 9.28. The summed E-state index contributed by atoms with van der Waals surface area (Å²) in [4.78, 5) is 14.8. The highest BCUT2D eigenvalue weighted by Gasteiger charge is 2.62. The average Bonchev–Trinajstić information content (AvgIpc) is 2.61. The summed E-state index contributed by atoms with van der Waals surface area (Å²) in [6, 6.07) is 10.3. The molecule has 2 rings (SSSR count). The Morgan fingerprint density at radius 2 is 1.89 bits per heavy atom. The summed E-state index contributed by atoms with van der Waals surface area (Å²) < 4.78 is 5.68. The van der Waals surface area contributed by atoms with Crippen molar-refractivity contribution in [2.75, 3.05) is 31.6 Å². The Morgan fingerprint density at radius 1 is 1.26 bits per heavy atom. The summed E-state index contributed by atoms with van der Waals surface area (Å²) in [7, 11) is 2.09. The zero-order valence-electron chi connectivity index (χ0n) is 16.9. The highest BCUT2D eigenvalue weighted by Crippen LogP contribution is 2.49. The first-order chi connectivity index (χ1) is 11.8. The van der Waals surface area contributed by atoms with Crippen LogP contribution in [0, 0.1) is 5.41 Å². The molecule has 0 spiro atoms. The third kappa shape index (κ3) is 5.74. The van der Waals surface area contributed by atoms with Gasteiger partial charge in [-0.3, -0.25) is 4.79 Å². The highest BCUT2D eigenvalue weighted by atomic mass is 35.5. The Hall–Kier alpha value is -1.01. The van der Waals surface area contributed by atoms with Crippen LogP contribution in [0.1, 0.15) is 40.0 Å². The van der Waals surface area contributed by atoms with E-state index in [4.69, 9.17) is 10.5 Å². The monoisotopic (exact) mass is 419 g/mol. The molecule has 3 N–H and O–H groups in total. The first kappa shape index (κ1) is 26.0. The van der Waals surface area contributed by atoms with E-state index in [0.29, 0.717) is 19.6 Å². The van der Waals surface area contributed by atoms with E-state index in [2.05, 4.69) is 29.4 Å². The summed E-state index contributed by atoms with van der Waals surface area (Å²) in [5.41, 5.74) is 6.44. The Balaban J connectivity index is 0.00000338. The third-order valence-corrected chi connectivity index (χ3v) is 5.64. The van der Waals surface area contributed by atoms with Gasteiger partial charge >= 0.3 is 0 Å². The summed E-state index contributed by atoms with van der Waals surface area (Å²) in [5.74, 6) is -0.0510. The molecule has 7 heteroatoms. The molecule has 1 aromatic carbocycles. The minimum Gasteiger partial charge on any atom is -0.378 e. The van der Waals surface area contributed by atoms with Gasteiger partial charge in [0.05, 0.1) is 6.10 Å². The number of benzene rings is 1. The van der Waals surface area contributed by atoms with Crippen molar-refractivity contribution in [3.8, 4) is 0 Å². The van der Waals surface area contributed by atoms with Crippen LogP contribution in [-0.2, 0) is 9.53 Å². The van der Waals surface area contributed by atoms with E-state index in [1.54, 1.807) is 0 Å². The minimum absolute atomic E-state index is 0. The molecule has 2 unspecified atom stereocenters. The SMILES string of the molecule is CCOC1CC(N)(C(=O)NCCCCN(C)c2ccccc2)C1(C)C.Cl.Cl. The molecular weight excluding hydrogens is 385 g/mol. The molecule has 1 fully saturated rings. The van der Waals surface area contributed by atoms with Crippen LogP contribution in [0.5, 0.6) is 0 Å². The molecule has 0 radical (unpaired) electrons. The lowest BCUT2D eigenvalue weighted by Gasteiger charge is -2.57. The summed E-state index contributed by atoms with van der Waals surface area (Å²) in [6.07, 6.45) is 2.62. The fourth-order valence-corrected chi connectivity index (χ4v) is 3.47. The van der Waals surface area contributed by atoms with Crippen LogP contribution in [0.25, 0.3) is 0 Å². The fourth-order valence-electron chi connectivity index (χ4n) is 3.47. The van der Waals surface area contributed by atoms with E-state index in [-0.39, 0.29) is 42.2 Å². The number of para-hydroxylation sites is 1. The number of nitrogens with two attached hydrogens (primary N) is 1. The molecule has 0 saturated heterocycles. The molecule has 1 saturated carbocycles. The Morgan fingerprint density at radius 3 is 2.44 bits per heavy atom. The molecule has 0 aromatic heterocycles. The lowest BCUT2D eigenvalue weighted by Crippen LogP contribution is -2.75. The third-order valence-electron chi connectivity index (χ3n) is 5.64. The van der Waals surface area contributed by atoms with Crippen molar-refractivity contribution < 1.29 is 9.53 Å². The van der Waals surface area contributed by atoms with Crippen molar-refractivity contribution in [3.63, 3.8) is 0 Å². The van der Waals surface area contributed by atoms with Crippen molar-refractivity contribution >= 4 is 36.4 Å². The maximum Gasteiger partial charge on any atom is 0.240 e. The van der Waals surface area contributed by atoms with Gasteiger partial charge in [-0.2, -0.15) is 0 Å². The van der Waals surface area contributed by atoms with E-state index in [1.807, 2.05) is 39.0 Å². The maximum absolute atomic E-state index is 12.5. The van der Waals surface area contributed by atoms with Crippen LogP contribution in [0.3, 0.4) is 0 Å². The van der Waals surface area contributed by atoms with Crippen LogP contribution >= 0.6 is 24.8 Å². The molecule has 1 aliphatic rings. The molecule has 1 aromatic rings. The molecular formula is C20H35Cl2N3O2. The predicted molar refractivity (Wildman–Crippen MR) is 117 cm³/mol. The second-order valence-electron chi connectivity index (χ2n) is 7.56. The van der Waals surface area contributed by atoms with Gasteiger partial charge in [-0.05, 0) is 31.9 Å². The van der Waals surface area contributed by atoms with E-state index in [1.165, 1.54) is 5.69 Å². The molecule has 2 atom stereocenters. The molecule has 0 bridgehead atoms. The average molecular weight is 420 g/mol. The van der Waals surface area contributed by atoms with Crippen LogP contribution in [0.4, 0.5) is 5.69 Å². The number of hydrogen-bond acceptors (Lipinski definition) is 4. The largest absolute Gasteiger partial charge is 0.378 e. The lowest BCUT2D eigenvalue weighted by molar-refractivity contribution is -0.170. The van der Waals surface area contributed by atoms with Gasteiger partial charge in [0.2, 0.25) is 5.91 Å². The molecule has 27 heavy (non-hydrogen) atoms. The van der Waals surface area contributed by atoms with E-state index >= 15 is 0 Å². The summed E-state index contributed by atoms with van der Waals surface area (Å²) in [6.45, 7) is 8.29. The number of halogens is 2. The topological polar surface area (TPSA) is 67.6 Å². The minimum atomic E-state index is -0.826. The van der Waals surface area contributed by atoms with E-state index in [9.17, 15) is 4.79 Å². The number of carbonyl (C=O) groups is 1. The van der Waals surface area contributed by atoms with Gasteiger partial charge in [-0.1, -0.05) is 32.0 Å². The Labute approximate surface area is 176 Å². The quantitative estimate of drug-likeness (QED) is 0.601. The van der Waals surface area contributed by atoms with Crippen molar-refractivity contribution in [1.29, 1.82) is 0 Å². The number of nitrogens with one attached hydrogen (secondary N) is 1. The molecule has 1 aliphatic carbocycles. The number of anilines is 1. The number of rotatable bonds is 9. The maximum atomic E-state index is 12.5. The van der Waals surface area contributed by atoms with Crippen molar-refractivity contribution in [2.24, 2.45) is 11.1 Å². The van der Waals surface area contributed by atoms with Crippen molar-refractivity contribution in [2.45, 2.75) is 51.7 Å². The molecule has 1 amide bonds. The van der Waals surface area contributed by atoms with Gasteiger partial charge in [0, 0.05) is 44.3 Å². The zero-order valence-corrected chi connectivity index (χ0v) is 18.5. The standard InChI is InChI=1S/C20H33N3O2.2ClH/c1-5-25-17-15-20(21,19(17,2)3)18(24)22-13-9-10-14-23(4)16-11-7-6-8-12-16;;/h6-8,11-12,17H,5,9-10,13-15,21H2,1-4H3,(H,22,24);2*1H. The van der Waals surface area contributed by atoms with Gasteiger partial charge in [0.25, 0.3) is 0 Å². The first-order valence-corrected chi connectivity index (χ1v) is 9.28. The lowest BCUT2D eigenvalue weighted by atomic mass is 9.54. The van der Waals surface area contributed by atoms with Gasteiger partial charge in [-0.15, -0.1) is 24.8 Å². The smallest absolute Gasteiger partial charge is 0.240 e. The normalized spacial score (nSPS) is 22.6. The zero-order chi connectivity index (χ0) is 18.5. The van der Waals surface area contributed by atoms with E-state index in [0.717, 1.165) is 19.4 Å². The molecule has 0 aliphatic heterocycles. The van der Waals surface area contributed by atoms with Gasteiger partial charge in [-0.25, -0.2) is 0 Å². The van der Waals surface area contributed by atoms with Crippen molar-refractivity contribution in [1.82, 2.24) is 5.32 Å². The molecule has 156 valence electrons. The second-order valence-corrected chi connectivity index (χ2v) is 7.56. The van der Waals surface area contributed by atoms with Crippen LogP contribution < -0.4 is 16.0 Å². The van der Waals surface area contributed by atoms with Crippen LogP contribution in [-0.4, -0.2) is 44.3 Å². The van der Waals surface area contributed by atoms with Gasteiger partial charge in [0.1, 0.15) is 5.54 Å². The van der Waals surface area contributed by atoms with Crippen molar-refractivity contribution in [3.05, 3.63) is 30.3 Å². The fraction of sp³-hybridized carbons (Fsp3) is 0.650. The molecule has 0 heterocycles. The number of carbonyl (C=O) groups excluding carboxylic acids is 1. The number of unbranched alkanes of at least 4 members (excludes halogenated alkanes) is 1. The number of nitrogens with zero attached hydrogens (tertiary/aromatic N) is 1. The Bertz CT molecular complexity index is 572.